The highest BCUT2D eigenvalue weighted by Gasteiger charge is 2.06. The Labute approximate surface area is 121 Å². The van der Waals surface area contributed by atoms with Crippen molar-refractivity contribution < 1.29 is 4.52 Å². The number of halogens is 1. The minimum Gasteiger partial charge on any atom is -0.339 e. The molecular formula is C14H18BrN3O. The van der Waals surface area contributed by atoms with Crippen molar-refractivity contribution >= 4 is 15.9 Å². The molecule has 0 radical (unpaired) electrons. The van der Waals surface area contributed by atoms with Crippen LogP contribution in [0.15, 0.2) is 33.3 Å². The molecule has 0 unspecified atom stereocenters. The molecule has 0 spiro atoms. The van der Waals surface area contributed by atoms with Crippen LogP contribution in [0.2, 0.25) is 0 Å². The van der Waals surface area contributed by atoms with Crippen LogP contribution in [0.4, 0.5) is 0 Å². The molecule has 0 saturated carbocycles. The maximum absolute atomic E-state index is 5.45. The van der Waals surface area contributed by atoms with Crippen LogP contribution in [0.1, 0.15) is 36.5 Å². The Hall–Kier alpha value is -1.20. The maximum atomic E-state index is 5.45. The number of aryl methyl sites for hydroxylation is 1. The maximum Gasteiger partial charge on any atom is 0.226 e. The van der Waals surface area contributed by atoms with Gasteiger partial charge in [0.25, 0.3) is 0 Å². The average Bonchev–Trinajstić information content (AvgIpc) is 2.85. The van der Waals surface area contributed by atoms with E-state index in [4.69, 9.17) is 10.3 Å². The van der Waals surface area contributed by atoms with E-state index in [-0.39, 0.29) is 0 Å². The molecule has 4 nitrogen and oxygen atoms in total. The number of nitrogens with two attached hydrogens (primary N) is 1. The summed E-state index contributed by atoms with van der Waals surface area (Å²) in [6, 6.07) is 8.15. The first-order chi connectivity index (χ1) is 9.28. The minimum absolute atomic E-state index is 0.708. The fourth-order valence-electron chi connectivity index (χ4n) is 1.85. The first-order valence-electron chi connectivity index (χ1n) is 6.54. The number of aromatic nitrogens is 2. The second kappa shape index (κ2) is 7.40. The molecule has 0 fully saturated rings. The third-order valence-electron chi connectivity index (χ3n) is 2.88. The van der Waals surface area contributed by atoms with Gasteiger partial charge in [0.05, 0.1) is 0 Å². The van der Waals surface area contributed by atoms with Crippen LogP contribution in [0.25, 0.3) is 0 Å². The van der Waals surface area contributed by atoms with Crippen molar-refractivity contribution in [2.45, 2.75) is 32.1 Å². The van der Waals surface area contributed by atoms with Crippen molar-refractivity contribution in [3.63, 3.8) is 0 Å². The number of unbranched alkanes of at least 4 members (excludes halogenated alkanes) is 2. The smallest absolute Gasteiger partial charge is 0.226 e. The Morgan fingerprint density at radius 1 is 1.11 bits per heavy atom. The number of benzene rings is 1. The molecule has 5 heteroatoms. The molecule has 2 N–H and O–H groups in total. The lowest BCUT2D eigenvalue weighted by atomic mass is 10.1. The Bertz CT molecular complexity index is 496. The molecule has 0 aliphatic heterocycles. The second-order valence-electron chi connectivity index (χ2n) is 4.51. The third kappa shape index (κ3) is 4.76. The molecule has 0 aliphatic rings. The topological polar surface area (TPSA) is 64.9 Å². The van der Waals surface area contributed by atoms with Crippen molar-refractivity contribution in [3.05, 3.63) is 46.0 Å². The third-order valence-corrected chi connectivity index (χ3v) is 3.41. The molecule has 0 aliphatic carbocycles. The standard InChI is InChI=1S/C14H18BrN3O/c15-12-7-5-11(6-8-12)10-13-17-14(19-18-13)4-2-1-3-9-16/h5-8H,1-4,9-10,16H2. The summed E-state index contributed by atoms with van der Waals surface area (Å²) in [6.07, 6.45) is 4.77. The molecule has 2 rings (SSSR count). The first-order valence-corrected chi connectivity index (χ1v) is 7.33. The quantitative estimate of drug-likeness (QED) is 0.795. The van der Waals surface area contributed by atoms with Gasteiger partial charge < -0.3 is 10.3 Å². The highest BCUT2D eigenvalue weighted by atomic mass is 79.9. The summed E-state index contributed by atoms with van der Waals surface area (Å²) >= 11 is 3.42. The largest absolute Gasteiger partial charge is 0.339 e. The van der Waals surface area contributed by atoms with Crippen molar-refractivity contribution in [3.8, 4) is 0 Å². The van der Waals surface area contributed by atoms with E-state index < -0.39 is 0 Å². The summed E-state index contributed by atoms with van der Waals surface area (Å²) in [5.74, 6) is 1.47. The summed E-state index contributed by atoms with van der Waals surface area (Å²) in [4.78, 5) is 4.40. The van der Waals surface area contributed by atoms with E-state index in [1.54, 1.807) is 0 Å². The van der Waals surface area contributed by atoms with Gasteiger partial charge in [-0.15, -0.1) is 0 Å². The van der Waals surface area contributed by atoms with Gasteiger partial charge in [-0.25, -0.2) is 0 Å². The van der Waals surface area contributed by atoms with E-state index in [0.29, 0.717) is 6.42 Å². The van der Waals surface area contributed by atoms with Crippen LogP contribution in [-0.2, 0) is 12.8 Å². The fraction of sp³-hybridized carbons (Fsp3) is 0.429. The summed E-state index contributed by atoms with van der Waals surface area (Å²) in [6.45, 7) is 0.749. The number of rotatable bonds is 7. The first kappa shape index (κ1) is 14.2. The second-order valence-corrected chi connectivity index (χ2v) is 5.42. The Morgan fingerprint density at radius 3 is 2.63 bits per heavy atom. The lowest BCUT2D eigenvalue weighted by Gasteiger charge is -1.96. The average molecular weight is 324 g/mol. The molecule has 1 aromatic carbocycles. The van der Waals surface area contributed by atoms with Crippen LogP contribution in [0.3, 0.4) is 0 Å². The number of hydrogen-bond acceptors (Lipinski definition) is 4. The number of hydrogen-bond donors (Lipinski definition) is 1. The molecule has 0 amide bonds. The van der Waals surface area contributed by atoms with Gasteiger partial charge >= 0.3 is 0 Å². The summed E-state index contributed by atoms with van der Waals surface area (Å²) in [5.41, 5.74) is 6.63. The Morgan fingerprint density at radius 2 is 1.89 bits per heavy atom. The zero-order valence-corrected chi connectivity index (χ0v) is 12.4. The summed E-state index contributed by atoms with van der Waals surface area (Å²) in [5, 5.41) is 4.01. The van der Waals surface area contributed by atoms with Crippen molar-refractivity contribution in [1.82, 2.24) is 10.1 Å². The molecule has 0 saturated heterocycles. The van der Waals surface area contributed by atoms with Crippen LogP contribution >= 0.6 is 15.9 Å². The van der Waals surface area contributed by atoms with E-state index in [1.807, 2.05) is 12.1 Å². The van der Waals surface area contributed by atoms with Crippen LogP contribution in [-0.4, -0.2) is 16.7 Å². The molecule has 1 aromatic heterocycles. The van der Waals surface area contributed by atoms with E-state index >= 15 is 0 Å². The molecular weight excluding hydrogens is 306 g/mol. The summed E-state index contributed by atoms with van der Waals surface area (Å²) in [7, 11) is 0. The lowest BCUT2D eigenvalue weighted by molar-refractivity contribution is 0.369. The van der Waals surface area contributed by atoms with Gasteiger partial charge in [0.15, 0.2) is 5.82 Å². The summed E-state index contributed by atoms with van der Waals surface area (Å²) < 4.78 is 6.31. The predicted octanol–water partition coefficient (Wildman–Crippen LogP) is 3.09. The van der Waals surface area contributed by atoms with Gasteiger partial charge in [-0.2, -0.15) is 4.98 Å². The van der Waals surface area contributed by atoms with Crippen molar-refractivity contribution in [1.29, 1.82) is 0 Å². The van der Waals surface area contributed by atoms with Crippen molar-refractivity contribution in [2.24, 2.45) is 5.73 Å². The van der Waals surface area contributed by atoms with E-state index in [1.165, 1.54) is 5.56 Å². The lowest BCUT2D eigenvalue weighted by Crippen LogP contribution is -1.98. The monoisotopic (exact) mass is 323 g/mol. The highest BCUT2D eigenvalue weighted by molar-refractivity contribution is 9.10. The number of nitrogens with zero attached hydrogens (tertiary/aromatic N) is 2. The zero-order chi connectivity index (χ0) is 13.5. The SMILES string of the molecule is NCCCCCc1nc(Cc2ccc(Br)cc2)no1. The van der Waals surface area contributed by atoms with Gasteiger partial charge in [-0.05, 0) is 37.1 Å². The molecule has 0 atom stereocenters. The van der Waals surface area contributed by atoms with Crippen LogP contribution in [0, 0.1) is 0 Å². The van der Waals surface area contributed by atoms with Gasteiger partial charge in [0, 0.05) is 17.3 Å². The predicted molar refractivity (Wildman–Crippen MR) is 77.9 cm³/mol. The molecule has 102 valence electrons. The minimum atomic E-state index is 0.708. The van der Waals surface area contributed by atoms with E-state index in [0.717, 1.165) is 48.4 Å². The van der Waals surface area contributed by atoms with E-state index in [2.05, 4.69) is 38.2 Å². The van der Waals surface area contributed by atoms with Crippen LogP contribution < -0.4 is 5.73 Å². The highest BCUT2D eigenvalue weighted by Crippen LogP contribution is 2.13. The van der Waals surface area contributed by atoms with Gasteiger partial charge in [0.2, 0.25) is 5.89 Å². The molecule has 2 aromatic rings. The fourth-order valence-corrected chi connectivity index (χ4v) is 2.11. The van der Waals surface area contributed by atoms with Gasteiger partial charge in [-0.1, -0.05) is 39.6 Å². The molecule has 0 bridgehead atoms. The molecule has 19 heavy (non-hydrogen) atoms. The van der Waals surface area contributed by atoms with Crippen LogP contribution in [0.5, 0.6) is 0 Å². The van der Waals surface area contributed by atoms with Gasteiger partial charge in [-0.3, -0.25) is 0 Å². The molecule has 1 heterocycles. The zero-order valence-electron chi connectivity index (χ0n) is 10.8. The van der Waals surface area contributed by atoms with E-state index in [9.17, 15) is 0 Å². The normalized spacial score (nSPS) is 10.8. The Kier molecular flexibility index (Phi) is 5.54. The van der Waals surface area contributed by atoms with Crippen molar-refractivity contribution in [2.75, 3.05) is 6.54 Å². The Balaban J connectivity index is 1.85. The van der Waals surface area contributed by atoms with Gasteiger partial charge in [0.1, 0.15) is 0 Å².